The van der Waals surface area contributed by atoms with Crippen molar-refractivity contribution in [3.8, 4) is 0 Å². The summed E-state index contributed by atoms with van der Waals surface area (Å²) in [5.74, 6) is -2.16. The van der Waals surface area contributed by atoms with Crippen molar-refractivity contribution in [3.05, 3.63) is 71.4 Å². The molecule has 0 unspecified atom stereocenters. The maximum Gasteiger partial charge on any atom is 0.408 e. The lowest BCUT2D eigenvalue weighted by Gasteiger charge is -2.22. The number of nitrogens with one attached hydrogen (secondary N) is 2. The second kappa shape index (κ2) is 10.3. The van der Waals surface area contributed by atoms with Crippen LogP contribution in [-0.4, -0.2) is 52.5 Å². The number of rotatable bonds is 7. The Hall–Kier alpha value is -4.34. The van der Waals surface area contributed by atoms with Gasteiger partial charge in [-0.25, -0.2) is 14.4 Å². The summed E-state index contributed by atoms with van der Waals surface area (Å²) >= 11 is 0. The van der Waals surface area contributed by atoms with Crippen LogP contribution in [0.15, 0.2) is 54.7 Å². The van der Waals surface area contributed by atoms with E-state index in [1.165, 1.54) is 36.1 Å². The molecular weight excluding hydrogens is 454 g/mol. The van der Waals surface area contributed by atoms with Gasteiger partial charge in [0.25, 0.3) is 5.91 Å². The maximum absolute atomic E-state index is 12.8. The SMILES string of the molecule is COC(=O)c1ccc(C(=O)Nn2cc(C[C@H](NC(=O)OC(C)(C)C)C(=O)O)c3ccccc32)cc1. The van der Waals surface area contributed by atoms with E-state index in [4.69, 9.17) is 4.74 Å². The van der Waals surface area contributed by atoms with Crippen molar-refractivity contribution < 1.29 is 33.8 Å². The number of hydrogen-bond donors (Lipinski definition) is 3. The zero-order valence-corrected chi connectivity index (χ0v) is 19.8. The van der Waals surface area contributed by atoms with Crippen molar-refractivity contribution in [3.63, 3.8) is 0 Å². The normalized spacial score (nSPS) is 12.0. The third kappa shape index (κ3) is 6.38. The third-order valence-electron chi connectivity index (χ3n) is 5.00. The Morgan fingerprint density at radius 3 is 2.23 bits per heavy atom. The van der Waals surface area contributed by atoms with E-state index in [0.29, 0.717) is 27.6 Å². The summed E-state index contributed by atoms with van der Waals surface area (Å²) in [4.78, 5) is 48.4. The number of esters is 1. The first-order valence-electron chi connectivity index (χ1n) is 10.8. The fourth-order valence-corrected chi connectivity index (χ4v) is 3.42. The summed E-state index contributed by atoms with van der Waals surface area (Å²) < 4.78 is 11.3. The highest BCUT2D eigenvalue weighted by Gasteiger charge is 2.26. The standard InChI is InChI=1S/C25H27N3O7/c1-25(2,3)35-24(33)26-19(22(30)31)13-17-14-28(20-8-6-5-7-18(17)20)27-21(29)15-9-11-16(12-10-15)23(32)34-4/h5-12,14,19H,13H2,1-4H3,(H,26,33)(H,27,29)(H,30,31)/t19-/m0/s1. The number of carboxylic acids is 1. The number of carbonyl (C=O) groups is 4. The van der Waals surface area contributed by atoms with E-state index in [1.54, 1.807) is 51.2 Å². The van der Waals surface area contributed by atoms with E-state index < -0.39 is 35.6 Å². The second-order valence-electron chi connectivity index (χ2n) is 8.79. The lowest BCUT2D eigenvalue weighted by Crippen LogP contribution is -2.44. The molecule has 0 bridgehead atoms. The number of fused-ring (bicyclic) bond motifs is 1. The number of ether oxygens (including phenoxy) is 2. The van der Waals surface area contributed by atoms with E-state index in [1.807, 2.05) is 0 Å². The Kier molecular flexibility index (Phi) is 7.43. The summed E-state index contributed by atoms with van der Waals surface area (Å²) in [6, 6.07) is 11.9. The topological polar surface area (TPSA) is 136 Å². The monoisotopic (exact) mass is 481 g/mol. The molecule has 0 aliphatic heterocycles. The zero-order chi connectivity index (χ0) is 25.8. The van der Waals surface area contributed by atoms with Gasteiger partial charge in [-0.15, -0.1) is 0 Å². The van der Waals surface area contributed by atoms with Gasteiger partial charge in [-0.2, -0.15) is 0 Å². The van der Waals surface area contributed by atoms with Gasteiger partial charge in [0, 0.05) is 23.6 Å². The molecule has 0 spiro atoms. The Morgan fingerprint density at radius 2 is 1.63 bits per heavy atom. The molecule has 35 heavy (non-hydrogen) atoms. The molecule has 1 aromatic heterocycles. The average molecular weight is 482 g/mol. The quantitative estimate of drug-likeness (QED) is 0.440. The molecule has 3 N–H and O–H groups in total. The molecule has 0 saturated carbocycles. The zero-order valence-electron chi connectivity index (χ0n) is 19.8. The molecule has 0 fully saturated rings. The molecule has 10 nitrogen and oxygen atoms in total. The molecule has 3 rings (SSSR count). The number of aliphatic carboxylic acids is 1. The fraction of sp³-hybridized carbons (Fsp3) is 0.280. The number of carbonyl (C=O) groups excluding carboxylic acids is 3. The molecule has 0 aliphatic rings. The Bertz CT molecular complexity index is 1260. The summed E-state index contributed by atoms with van der Waals surface area (Å²) in [6.07, 6.45) is 0.738. The van der Waals surface area contributed by atoms with Crippen molar-refractivity contribution in [1.29, 1.82) is 0 Å². The van der Waals surface area contributed by atoms with Gasteiger partial charge in [0.1, 0.15) is 11.6 Å². The van der Waals surface area contributed by atoms with Crippen molar-refractivity contribution in [2.75, 3.05) is 12.5 Å². The van der Waals surface area contributed by atoms with Crippen molar-refractivity contribution in [2.45, 2.75) is 38.8 Å². The predicted octanol–water partition coefficient (Wildman–Crippen LogP) is 3.33. The number of benzene rings is 2. The lowest BCUT2D eigenvalue weighted by molar-refractivity contribution is -0.139. The highest BCUT2D eigenvalue weighted by Crippen LogP contribution is 2.22. The minimum absolute atomic E-state index is 0.0359. The molecule has 2 amide bonds. The summed E-state index contributed by atoms with van der Waals surface area (Å²) in [6.45, 7) is 5.05. The van der Waals surface area contributed by atoms with E-state index in [0.717, 1.165) is 0 Å². The van der Waals surface area contributed by atoms with E-state index in [-0.39, 0.29) is 6.42 Å². The first-order valence-corrected chi connectivity index (χ1v) is 10.8. The summed E-state index contributed by atoms with van der Waals surface area (Å²) in [5.41, 5.74) is 3.86. The van der Waals surface area contributed by atoms with Gasteiger partial charge in [-0.3, -0.25) is 14.9 Å². The van der Waals surface area contributed by atoms with E-state index in [2.05, 4.69) is 15.5 Å². The van der Waals surface area contributed by atoms with Gasteiger partial charge in [0.15, 0.2) is 0 Å². The molecular formula is C25H27N3O7. The number of para-hydroxylation sites is 1. The summed E-state index contributed by atoms with van der Waals surface area (Å²) in [7, 11) is 1.27. The van der Waals surface area contributed by atoms with Crippen LogP contribution in [0.1, 0.15) is 47.1 Å². The van der Waals surface area contributed by atoms with Gasteiger partial charge in [0.2, 0.25) is 0 Å². The van der Waals surface area contributed by atoms with Gasteiger partial charge >= 0.3 is 18.0 Å². The van der Waals surface area contributed by atoms with Crippen molar-refractivity contribution >= 4 is 34.8 Å². The molecule has 2 aromatic carbocycles. The Labute approximate surface area is 201 Å². The van der Waals surface area contributed by atoms with E-state index in [9.17, 15) is 24.3 Å². The molecule has 3 aromatic rings. The number of alkyl carbamates (subject to hydrolysis) is 1. The molecule has 10 heteroatoms. The van der Waals surface area contributed by atoms with E-state index >= 15 is 0 Å². The molecule has 0 saturated heterocycles. The minimum atomic E-state index is -1.24. The van der Waals surface area contributed by atoms with Crippen LogP contribution in [0.2, 0.25) is 0 Å². The maximum atomic E-state index is 12.8. The van der Waals surface area contributed by atoms with Crippen LogP contribution in [0.25, 0.3) is 10.9 Å². The van der Waals surface area contributed by atoms with Gasteiger partial charge in [-0.05, 0) is 56.7 Å². The Morgan fingerprint density at radius 1 is 1.00 bits per heavy atom. The van der Waals surface area contributed by atoms with Gasteiger partial charge in [0.05, 0.1) is 18.2 Å². The minimum Gasteiger partial charge on any atom is -0.480 e. The molecule has 1 heterocycles. The fourth-order valence-electron chi connectivity index (χ4n) is 3.42. The van der Waals surface area contributed by atoms with Crippen LogP contribution >= 0.6 is 0 Å². The average Bonchev–Trinajstić information content (AvgIpc) is 3.14. The van der Waals surface area contributed by atoms with Crippen LogP contribution in [0.3, 0.4) is 0 Å². The van der Waals surface area contributed by atoms with Gasteiger partial charge < -0.3 is 19.9 Å². The predicted molar refractivity (Wildman–Crippen MR) is 128 cm³/mol. The van der Waals surface area contributed by atoms with Gasteiger partial charge in [-0.1, -0.05) is 18.2 Å². The number of aromatic nitrogens is 1. The number of hydrogen-bond acceptors (Lipinski definition) is 6. The largest absolute Gasteiger partial charge is 0.480 e. The van der Waals surface area contributed by atoms with Crippen LogP contribution in [0.4, 0.5) is 4.79 Å². The molecule has 1 atom stereocenters. The molecule has 0 radical (unpaired) electrons. The van der Waals surface area contributed by atoms with Crippen LogP contribution < -0.4 is 10.7 Å². The highest BCUT2D eigenvalue weighted by molar-refractivity contribution is 6.02. The molecule has 184 valence electrons. The van der Waals surface area contributed by atoms with Crippen LogP contribution in [0, 0.1) is 0 Å². The third-order valence-corrected chi connectivity index (χ3v) is 5.00. The van der Waals surface area contributed by atoms with Crippen LogP contribution in [0.5, 0.6) is 0 Å². The van der Waals surface area contributed by atoms with Crippen molar-refractivity contribution in [1.82, 2.24) is 9.99 Å². The first-order chi connectivity index (χ1) is 16.5. The van der Waals surface area contributed by atoms with Crippen LogP contribution in [-0.2, 0) is 20.7 Å². The molecule has 0 aliphatic carbocycles. The lowest BCUT2D eigenvalue weighted by atomic mass is 10.1. The number of methoxy groups -OCH3 is 1. The van der Waals surface area contributed by atoms with Crippen molar-refractivity contribution in [2.24, 2.45) is 0 Å². The second-order valence-corrected chi connectivity index (χ2v) is 8.79. The number of nitrogens with zero attached hydrogens (tertiary/aromatic N) is 1. The first kappa shape index (κ1) is 25.3. The number of amides is 2. The Balaban J connectivity index is 1.83. The summed E-state index contributed by atoms with van der Waals surface area (Å²) in [5, 5.41) is 12.8. The number of carboxylic acid groups (broad SMARTS) is 1. The highest BCUT2D eigenvalue weighted by atomic mass is 16.6. The smallest absolute Gasteiger partial charge is 0.408 e.